The van der Waals surface area contributed by atoms with Crippen LogP contribution in [0.2, 0.25) is 0 Å². The molecule has 1 aliphatic rings. The molecule has 1 fully saturated rings. The van der Waals surface area contributed by atoms with E-state index in [2.05, 4.69) is 13.8 Å². The Morgan fingerprint density at radius 2 is 1.80 bits per heavy atom. The maximum absolute atomic E-state index is 12.8. The lowest BCUT2D eigenvalue weighted by molar-refractivity contribution is -0.133. The van der Waals surface area contributed by atoms with Gasteiger partial charge in [0.2, 0.25) is 5.91 Å². The smallest absolute Gasteiger partial charge is 0.237 e. The molecular weight excluding hydrogens is 268 g/mol. The Morgan fingerprint density at radius 1 is 1.25 bits per heavy atom. The summed E-state index contributed by atoms with van der Waals surface area (Å²) in [6.45, 7) is 5.98. The zero-order valence-corrected chi connectivity index (χ0v) is 12.9. The van der Waals surface area contributed by atoms with Crippen molar-refractivity contribution in [3.8, 4) is 0 Å². The fraction of sp³-hybridized carbons (Fsp3) is 0.500. The molecule has 3 unspecified atom stereocenters. The number of thiocarbonyl (C=S) groups is 1. The minimum Gasteiger partial charge on any atom is -0.392 e. The van der Waals surface area contributed by atoms with Gasteiger partial charge in [0.15, 0.2) is 0 Å². The summed E-state index contributed by atoms with van der Waals surface area (Å²) in [4.78, 5) is 15.0. The summed E-state index contributed by atoms with van der Waals surface area (Å²) in [5.74, 6) is 0.613. The van der Waals surface area contributed by atoms with Crippen molar-refractivity contribution in [2.24, 2.45) is 17.6 Å². The van der Waals surface area contributed by atoms with Gasteiger partial charge in [0.05, 0.1) is 4.99 Å². The van der Waals surface area contributed by atoms with Crippen LogP contribution < -0.4 is 5.73 Å². The lowest BCUT2D eigenvalue weighted by atomic mass is 9.89. The first-order valence-electron chi connectivity index (χ1n) is 7.12. The zero-order valence-electron chi connectivity index (χ0n) is 12.1. The van der Waals surface area contributed by atoms with Gasteiger partial charge < -0.3 is 10.6 Å². The number of hydrogen-bond donors (Lipinski definition) is 1. The lowest BCUT2D eigenvalue weighted by Gasteiger charge is -2.36. The summed E-state index contributed by atoms with van der Waals surface area (Å²) >= 11 is 5.13. The molecule has 3 atom stereocenters. The highest BCUT2D eigenvalue weighted by molar-refractivity contribution is 7.80. The van der Waals surface area contributed by atoms with Crippen LogP contribution in [0.1, 0.15) is 31.7 Å². The monoisotopic (exact) mass is 290 g/mol. The van der Waals surface area contributed by atoms with Gasteiger partial charge in [-0.05, 0) is 23.8 Å². The molecule has 0 aliphatic carbocycles. The van der Waals surface area contributed by atoms with E-state index in [9.17, 15) is 4.79 Å². The van der Waals surface area contributed by atoms with E-state index in [0.29, 0.717) is 11.8 Å². The van der Waals surface area contributed by atoms with Gasteiger partial charge in [-0.15, -0.1) is 0 Å². The Bertz CT molecular complexity index is 479. The quantitative estimate of drug-likeness (QED) is 0.870. The third-order valence-electron chi connectivity index (χ3n) is 3.84. The molecule has 0 bridgehead atoms. The van der Waals surface area contributed by atoms with Crippen molar-refractivity contribution < 1.29 is 4.79 Å². The molecular formula is C16H22N2OS. The van der Waals surface area contributed by atoms with Crippen LogP contribution >= 0.6 is 12.2 Å². The van der Waals surface area contributed by atoms with E-state index in [4.69, 9.17) is 18.0 Å². The molecule has 1 saturated heterocycles. The summed E-state index contributed by atoms with van der Waals surface area (Å²) in [5.41, 5.74) is 6.71. The number of nitrogens with two attached hydrogens (primary N) is 1. The molecule has 0 radical (unpaired) electrons. The van der Waals surface area contributed by atoms with E-state index >= 15 is 0 Å². The van der Waals surface area contributed by atoms with Crippen molar-refractivity contribution in [2.75, 3.05) is 13.1 Å². The van der Waals surface area contributed by atoms with E-state index in [1.165, 1.54) is 6.42 Å². The Kier molecular flexibility index (Phi) is 4.76. The molecule has 20 heavy (non-hydrogen) atoms. The molecule has 0 saturated carbocycles. The zero-order chi connectivity index (χ0) is 14.7. The summed E-state index contributed by atoms with van der Waals surface area (Å²) in [5, 5.41) is 0. The SMILES string of the molecule is CC1CC(C)CN(C(=O)C(C(N)=S)c2ccccc2)C1. The van der Waals surface area contributed by atoms with Crippen molar-refractivity contribution in [3.63, 3.8) is 0 Å². The number of piperidine rings is 1. The van der Waals surface area contributed by atoms with E-state index in [1.807, 2.05) is 35.2 Å². The second kappa shape index (κ2) is 6.35. The third kappa shape index (κ3) is 3.37. The predicted octanol–water partition coefficient (Wildman–Crippen LogP) is 2.56. The minimum absolute atomic E-state index is 0.0436. The number of carbonyl (C=O) groups excluding carboxylic acids is 1. The van der Waals surface area contributed by atoms with Crippen LogP contribution in [-0.4, -0.2) is 28.9 Å². The average Bonchev–Trinajstić information content (AvgIpc) is 2.38. The van der Waals surface area contributed by atoms with Crippen LogP contribution in [0, 0.1) is 11.8 Å². The molecule has 1 aromatic carbocycles. The number of carbonyl (C=O) groups is 1. The van der Waals surface area contributed by atoms with Gasteiger partial charge in [0, 0.05) is 13.1 Å². The molecule has 1 heterocycles. The van der Waals surface area contributed by atoms with Gasteiger partial charge >= 0.3 is 0 Å². The van der Waals surface area contributed by atoms with Crippen molar-refractivity contribution in [1.29, 1.82) is 0 Å². The van der Waals surface area contributed by atoms with Crippen LogP contribution in [-0.2, 0) is 4.79 Å². The first-order valence-corrected chi connectivity index (χ1v) is 7.53. The third-order valence-corrected chi connectivity index (χ3v) is 4.08. The van der Waals surface area contributed by atoms with E-state index in [0.717, 1.165) is 18.7 Å². The maximum atomic E-state index is 12.8. The second-order valence-electron chi connectivity index (χ2n) is 5.94. The fourth-order valence-electron chi connectivity index (χ4n) is 3.10. The molecule has 0 aromatic heterocycles. The summed E-state index contributed by atoms with van der Waals surface area (Å²) in [6.07, 6.45) is 1.17. The van der Waals surface area contributed by atoms with E-state index in [-0.39, 0.29) is 10.9 Å². The van der Waals surface area contributed by atoms with Gasteiger partial charge in [-0.25, -0.2) is 0 Å². The first kappa shape index (κ1) is 15.0. The van der Waals surface area contributed by atoms with Gasteiger partial charge in [-0.3, -0.25) is 4.79 Å². The van der Waals surface area contributed by atoms with Crippen LogP contribution in [0.4, 0.5) is 0 Å². The van der Waals surface area contributed by atoms with Gasteiger partial charge in [-0.1, -0.05) is 56.4 Å². The van der Waals surface area contributed by atoms with E-state index < -0.39 is 5.92 Å². The van der Waals surface area contributed by atoms with Crippen molar-refractivity contribution in [1.82, 2.24) is 4.90 Å². The highest BCUT2D eigenvalue weighted by atomic mass is 32.1. The Hall–Kier alpha value is -1.42. The number of rotatable bonds is 3. The molecule has 4 heteroatoms. The van der Waals surface area contributed by atoms with Gasteiger partial charge in [-0.2, -0.15) is 0 Å². The van der Waals surface area contributed by atoms with Crippen molar-refractivity contribution in [3.05, 3.63) is 35.9 Å². The fourth-order valence-corrected chi connectivity index (χ4v) is 3.34. The maximum Gasteiger partial charge on any atom is 0.237 e. The Morgan fingerprint density at radius 3 is 2.30 bits per heavy atom. The molecule has 1 aromatic rings. The topological polar surface area (TPSA) is 46.3 Å². The summed E-state index contributed by atoms with van der Waals surface area (Å²) in [7, 11) is 0. The van der Waals surface area contributed by atoms with Gasteiger partial charge in [0.1, 0.15) is 5.92 Å². The molecule has 108 valence electrons. The highest BCUT2D eigenvalue weighted by Gasteiger charge is 2.32. The summed E-state index contributed by atoms with van der Waals surface area (Å²) < 4.78 is 0. The minimum atomic E-state index is -0.497. The molecule has 0 spiro atoms. The predicted molar refractivity (Wildman–Crippen MR) is 85.5 cm³/mol. The average molecular weight is 290 g/mol. The van der Waals surface area contributed by atoms with Crippen LogP contribution in [0.25, 0.3) is 0 Å². The van der Waals surface area contributed by atoms with Crippen molar-refractivity contribution in [2.45, 2.75) is 26.2 Å². The number of likely N-dealkylation sites (tertiary alicyclic amines) is 1. The number of nitrogens with zero attached hydrogens (tertiary/aromatic N) is 1. The van der Waals surface area contributed by atoms with Crippen LogP contribution in [0.3, 0.4) is 0 Å². The second-order valence-corrected chi connectivity index (χ2v) is 6.41. The molecule has 1 amide bonds. The first-order chi connectivity index (χ1) is 9.49. The largest absolute Gasteiger partial charge is 0.392 e. The van der Waals surface area contributed by atoms with Crippen molar-refractivity contribution >= 4 is 23.1 Å². The molecule has 3 nitrogen and oxygen atoms in total. The Balaban J connectivity index is 2.22. The number of benzene rings is 1. The number of hydrogen-bond acceptors (Lipinski definition) is 2. The summed E-state index contributed by atoms with van der Waals surface area (Å²) in [6, 6.07) is 9.58. The van der Waals surface area contributed by atoms with Crippen LogP contribution in [0.5, 0.6) is 0 Å². The highest BCUT2D eigenvalue weighted by Crippen LogP contribution is 2.26. The lowest BCUT2D eigenvalue weighted by Crippen LogP contribution is -2.46. The Labute approximate surface area is 126 Å². The van der Waals surface area contributed by atoms with Gasteiger partial charge in [0.25, 0.3) is 0 Å². The number of amides is 1. The molecule has 2 rings (SSSR count). The molecule has 2 N–H and O–H groups in total. The van der Waals surface area contributed by atoms with Crippen LogP contribution in [0.15, 0.2) is 30.3 Å². The standard InChI is InChI=1S/C16H22N2OS/c1-11-8-12(2)10-18(9-11)16(19)14(15(17)20)13-6-4-3-5-7-13/h3-7,11-12,14H,8-10H2,1-2H3,(H2,17,20). The molecule has 1 aliphatic heterocycles. The van der Waals surface area contributed by atoms with E-state index in [1.54, 1.807) is 0 Å². The normalized spacial score (nSPS) is 24.2.